The normalized spacial score (nSPS) is 15.7. The van der Waals surface area contributed by atoms with Gasteiger partial charge in [-0.2, -0.15) is 0 Å². The Labute approximate surface area is 210 Å². The Morgan fingerprint density at radius 3 is 2.42 bits per heavy atom. The van der Waals surface area contributed by atoms with Crippen molar-refractivity contribution in [3.05, 3.63) is 48.3 Å². The number of nitrogens with zero attached hydrogens (tertiary/aromatic N) is 1. The van der Waals surface area contributed by atoms with E-state index in [-0.39, 0.29) is 25.3 Å². The number of nitrogens with one attached hydrogen (secondary N) is 2. The summed E-state index contributed by atoms with van der Waals surface area (Å²) in [5.74, 6) is -1.79. The molecule has 1 unspecified atom stereocenters. The molecule has 2 aromatic rings. The van der Waals surface area contributed by atoms with E-state index >= 15 is 0 Å². The van der Waals surface area contributed by atoms with E-state index in [9.17, 15) is 23.0 Å². The first-order valence-corrected chi connectivity index (χ1v) is 13.3. The van der Waals surface area contributed by atoms with Crippen LogP contribution in [0.4, 0.5) is 15.8 Å². The number of anilines is 2. The van der Waals surface area contributed by atoms with Crippen molar-refractivity contribution in [2.45, 2.75) is 38.1 Å². The SMILES string of the molecule is O=C(CS(=O)CC(=O)N(CC(=O)NC1CCCCC1)c1ccc(F)cc1)Nc1ccc2c(c1)OCO2. The van der Waals surface area contributed by atoms with Gasteiger partial charge in [0, 0.05) is 34.3 Å². The topological polar surface area (TPSA) is 114 Å². The molecule has 1 aliphatic carbocycles. The van der Waals surface area contributed by atoms with E-state index in [2.05, 4.69) is 10.6 Å². The first kappa shape index (κ1) is 25.6. The van der Waals surface area contributed by atoms with Crippen LogP contribution in [0.3, 0.4) is 0 Å². The van der Waals surface area contributed by atoms with E-state index in [0.29, 0.717) is 22.9 Å². The highest BCUT2D eigenvalue weighted by atomic mass is 32.2. The molecule has 2 aromatic carbocycles. The summed E-state index contributed by atoms with van der Waals surface area (Å²) in [4.78, 5) is 39.3. The molecule has 4 rings (SSSR count). The molecule has 0 aromatic heterocycles. The standard InChI is InChI=1S/C25H28FN3O6S/c26-17-6-9-20(10-7-17)29(13-23(30)27-18-4-2-1-3-5-18)25(32)15-36(33)14-24(31)28-19-8-11-21-22(12-19)35-16-34-21/h6-12,18H,1-5,13-16H2,(H,27,30)(H,28,31). The van der Waals surface area contributed by atoms with Crippen LogP contribution in [0.25, 0.3) is 0 Å². The molecule has 2 N–H and O–H groups in total. The molecule has 36 heavy (non-hydrogen) atoms. The highest BCUT2D eigenvalue weighted by Crippen LogP contribution is 2.34. The summed E-state index contributed by atoms with van der Waals surface area (Å²) in [6, 6.07) is 10.1. The number of carbonyl (C=O) groups excluding carboxylic acids is 3. The van der Waals surface area contributed by atoms with Crippen LogP contribution in [0, 0.1) is 5.82 Å². The first-order valence-electron chi connectivity index (χ1n) is 11.8. The van der Waals surface area contributed by atoms with Crippen molar-refractivity contribution in [3.8, 4) is 11.5 Å². The van der Waals surface area contributed by atoms with Gasteiger partial charge in [-0.1, -0.05) is 19.3 Å². The minimum absolute atomic E-state index is 0.0606. The van der Waals surface area contributed by atoms with Gasteiger partial charge in [-0.3, -0.25) is 18.6 Å². The second kappa shape index (κ2) is 12.0. The van der Waals surface area contributed by atoms with Crippen LogP contribution in [-0.4, -0.2) is 52.8 Å². The molecule has 9 nitrogen and oxygen atoms in total. The maximum absolute atomic E-state index is 13.4. The summed E-state index contributed by atoms with van der Waals surface area (Å²) in [5, 5.41) is 5.57. The summed E-state index contributed by atoms with van der Waals surface area (Å²) in [6.07, 6.45) is 5.00. The lowest BCUT2D eigenvalue weighted by Gasteiger charge is -2.26. The average molecular weight is 518 g/mol. The van der Waals surface area contributed by atoms with Crippen molar-refractivity contribution in [1.82, 2.24) is 5.32 Å². The number of ether oxygens (including phenoxy) is 2. The van der Waals surface area contributed by atoms with Gasteiger partial charge in [0.05, 0.1) is 0 Å². The fourth-order valence-electron chi connectivity index (χ4n) is 4.19. The van der Waals surface area contributed by atoms with Gasteiger partial charge in [-0.25, -0.2) is 4.39 Å². The van der Waals surface area contributed by atoms with Gasteiger partial charge in [0.2, 0.25) is 24.5 Å². The Kier molecular flexibility index (Phi) is 8.52. The van der Waals surface area contributed by atoms with Crippen molar-refractivity contribution < 1.29 is 32.5 Å². The molecule has 1 atom stereocenters. The minimum Gasteiger partial charge on any atom is -0.454 e. The molecule has 0 spiro atoms. The quantitative estimate of drug-likeness (QED) is 0.529. The second-order valence-corrected chi connectivity index (χ2v) is 10.2. The second-order valence-electron chi connectivity index (χ2n) is 8.70. The maximum atomic E-state index is 13.4. The van der Waals surface area contributed by atoms with Crippen LogP contribution in [-0.2, 0) is 25.2 Å². The van der Waals surface area contributed by atoms with Crippen LogP contribution in [0.5, 0.6) is 11.5 Å². The Balaban J connectivity index is 1.35. The Morgan fingerprint density at radius 1 is 0.944 bits per heavy atom. The number of rotatable bonds is 9. The van der Waals surface area contributed by atoms with E-state index in [0.717, 1.165) is 32.1 Å². The molecule has 2 aliphatic rings. The van der Waals surface area contributed by atoms with Crippen molar-refractivity contribution in [3.63, 3.8) is 0 Å². The number of amides is 3. The predicted octanol–water partition coefficient (Wildman–Crippen LogP) is 2.72. The molecule has 1 saturated carbocycles. The van der Waals surface area contributed by atoms with Crippen LogP contribution in [0.2, 0.25) is 0 Å². The minimum atomic E-state index is -1.84. The first-order chi connectivity index (χ1) is 17.4. The van der Waals surface area contributed by atoms with Gasteiger partial charge in [0.1, 0.15) is 23.9 Å². The number of carbonyl (C=O) groups is 3. The third-order valence-electron chi connectivity index (χ3n) is 5.94. The van der Waals surface area contributed by atoms with Gasteiger partial charge in [0.25, 0.3) is 0 Å². The largest absolute Gasteiger partial charge is 0.454 e. The van der Waals surface area contributed by atoms with E-state index in [4.69, 9.17) is 9.47 Å². The molecule has 11 heteroatoms. The Hall–Kier alpha value is -3.47. The van der Waals surface area contributed by atoms with Crippen molar-refractivity contribution in [2.24, 2.45) is 0 Å². The van der Waals surface area contributed by atoms with Gasteiger partial charge in [0.15, 0.2) is 11.5 Å². The van der Waals surface area contributed by atoms with Gasteiger partial charge >= 0.3 is 0 Å². The van der Waals surface area contributed by atoms with Gasteiger partial charge in [-0.15, -0.1) is 0 Å². The average Bonchev–Trinajstić information content (AvgIpc) is 3.31. The molecule has 0 bridgehead atoms. The van der Waals surface area contributed by atoms with Crippen molar-refractivity contribution in [2.75, 3.05) is 35.1 Å². The molecule has 1 aliphatic heterocycles. The summed E-state index contributed by atoms with van der Waals surface area (Å²) in [6.45, 7) is -0.191. The number of benzene rings is 2. The maximum Gasteiger partial charge on any atom is 0.240 e. The zero-order valence-electron chi connectivity index (χ0n) is 19.7. The zero-order chi connectivity index (χ0) is 25.5. The monoisotopic (exact) mass is 517 g/mol. The lowest BCUT2D eigenvalue weighted by atomic mass is 9.95. The molecule has 0 saturated heterocycles. The predicted molar refractivity (Wildman–Crippen MR) is 133 cm³/mol. The molecule has 1 fully saturated rings. The Morgan fingerprint density at radius 2 is 1.67 bits per heavy atom. The van der Waals surface area contributed by atoms with Gasteiger partial charge in [-0.05, 0) is 49.2 Å². The number of hydrogen-bond donors (Lipinski definition) is 2. The zero-order valence-corrected chi connectivity index (χ0v) is 20.5. The fourth-order valence-corrected chi connectivity index (χ4v) is 5.09. The summed E-state index contributed by atoms with van der Waals surface area (Å²) >= 11 is 0. The number of halogens is 1. The van der Waals surface area contributed by atoms with E-state index in [1.165, 1.54) is 29.2 Å². The summed E-state index contributed by atoms with van der Waals surface area (Å²) < 4.78 is 36.6. The third kappa shape index (κ3) is 7.03. The van der Waals surface area contributed by atoms with Crippen LogP contribution >= 0.6 is 0 Å². The third-order valence-corrected chi connectivity index (χ3v) is 7.10. The highest BCUT2D eigenvalue weighted by Gasteiger charge is 2.24. The molecular weight excluding hydrogens is 489 g/mol. The number of hydrogen-bond acceptors (Lipinski definition) is 6. The summed E-state index contributed by atoms with van der Waals surface area (Å²) in [5.41, 5.74) is 0.752. The van der Waals surface area contributed by atoms with E-state index in [1.54, 1.807) is 18.2 Å². The van der Waals surface area contributed by atoms with Crippen LogP contribution < -0.4 is 25.0 Å². The van der Waals surface area contributed by atoms with E-state index < -0.39 is 39.9 Å². The van der Waals surface area contributed by atoms with Crippen LogP contribution in [0.1, 0.15) is 32.1 Å². The highest BCUT2D eigenvalue weighted by molar-refractivity contribution is 7.86. The molecule has 1 heterocycles. The molecule has 0 radical (unpaired) electrons. The van der Waals surface area contributed by atoms with E-state index in [1.807, 2.05) is 0 Å². The van der Waals surface area contributed by atoms with Crippen molar-refractivity contribution in [1.29, 1.82) is 0 Å². The number of fused-ring (bicyclic) bond motifs is 1. The van der Waals surface area contributed by atoms with Crippen molar-refractivity contribution >= 4 is 39.9 Å². The van der Waals surface area contributed by atoms with Crippen LogP contribution in [0.15, 0.2) is 42.5 Å². The van der Waals surface area contributed by atoms with Gasteiger partial charge < -0.3 is 25.0 Å². The lowest BCUT2D eigenvalue weighted by Crippen LogP contribution is -2.46. The smallest absolute Gasteiger partial charge is 0.240 e. The Bertz CT molecular complexity index is 1140. The lowest BCUT2D eigenvalue weighted by molar-refractivity contribution is -0.123. The molecule has 3 amide bonds. The molecule has 192 valence electrons. The molecular formula is C25H28FN3O6S. The summed E-state index contributed by atoms with van der Waals surface area (Å²) in [7, 11) is -1.84. The fraction of sp³-hybridized carbons (Fsp3) is 0.400.